The lowest BCUT2D eigenvalue weighted by Gasteiger charge is -2.39. The number of halogens is 1. The average molecular weight is 388 g/mol. The van der Waals surface area contributed by atoms with Gasteiger partial charge in [-0.05, 0) is 73.2 Å². The maximum Gasteiger partial charge on any atom is 0.308 e. The predicted molar refractivity (Wildman–Crippen MR) is 88.5 cm³/mol. The van der Waals surface area contributed by atoms with Gasteiger partial charge in [0.2, 0.25) is 0 Å². The first-order valence-electron chi connectivity index (χ1n) is 8.06. The monoisotopic (exact) mass is 387 g/mol. The molecule has 6 heteroatoms. The first-order valence-corrected chi connectivity index (χ1v) is 9.67. The Morgan fingerprint density at radius 3 is 2.41 bits per heavy atom. The normalized spacial score (nSPS) is 28.1. The van der Waals surface area contributed by atoms with Crippen LogP contribution in [0, 0.1) is 17.8 Å². The molecule has 0 amide bonds. The van der Waals surface area contributed by atoms with E-state index in [1.54, 1.807) is 6.20 Å². The van der Waals surface area contributed by atoms with Crippen molar-refractivity contribution in [1.82, 2.24) is 4.98 Å². The van der Waals surface area contributed by atoms with Crippen LogP contribution < -0.4 is 0 Å². The molecule has 0 saturated heterocycles. The Labute approximate surface area is 143 Å². The quantitative estimate of drug-likeness (QED) is 0.778. The van der Waals surface area contributed by atoms with E-state index in [1.165, 1.54) is 11.3 Å². The van der Waals surface area contributed by atoms with Gasteiger partial charge in [0.15, 0.2) is 0 Å². The van der Waals surface area contributed by atoms with Gasteiger partial charge in [0.25, 0.3) is 0 Å². The first-order chi connectivity index (χ1) is 10.6. The van der Waals surface area contributed by atoms with E-state index in [0.29, 0.717) is 12.5 Å². The van der Waals surface area contributed by atoms with Gasteiger partial charge in [-0.2, -0.15) is 0 Å². The van der Waals surface area contributed by atoms with Gasteiger partial charge in [0, 0.05) is 0 Å². The number of rotatable bonds is 5. The van der Waals surface area contributed by atoms with E-state index in [4.69, 9.17) is 4.74 Å². The fourth-order valence-corrected chi connectivity index (χ4v) is 5.13. The van der Waals surface area contributed by atoms with E-state index < -0.39 is 5.60 Å². The van der Waals surface area contributed by atoms with Crippen LogP contribution in [0.4, 0.5) is 0 Å². The minimum atomic E-state index is -0.809. The number of aromatic nitrogens is 1. The number of aliphatic hydroxyl groups is 1. The molecule has 0 bridgehead atoms. The van der Waals surface area contributed by atoms with Crippen LogP contribution in [0.5, 0.6) is 0 Å². The summed E-state index contributed by atoms with van der Waals surface area (Å²) in [6, 6.07) is 0. The number of thiazole rings is 1. The Bertz CT molecular complexity index is 537. The highest BCUT2D eigenvalue weighted by Crippen LogP contribution is 2.54. The molecule has 0 spiro atoms. The van der Waals surface area contributed by atoms with E-state index in [1.807, 2.05) is 6.92 Å². The predicted octanol–water partition coefficient (Wildman–Crippen LogP) is 3.87. The zero-order valence-corrected chi connectivity index (χ0v) is 15.2. The summed E-state index contributed by atoms with van der Waals surface area (Å²) in [4.78, 5) is 16.3. The first kappa shape index (κ1) is 16.4. The van der Waals surface area contributed by atoms with Crippen LogP contribution in [0.25, 0.3) is 0 Å². The van der Waals surface area contributed by atoms with Gasteiger partial charge in [0.1, 0.15) is 10.6 Å². The molecular formula is C16H22BrNO3S. The summed E-state index contributed by atoms with van der Waals surface area (Å²) in [7, 11) is 0. The Hall–Kier alpha value is -0.460. The van der Waals surface area contributed by atoms with Crippen LogP contribution in [0.15, 0.2) is 9.98 Å². The highest BCUT2D eigenvalue weighted by Gasteiger charge is 2.53. The maximum absolute atomic E-state index is 11.9. The van der Waals surface area contributed by atoms with Gasteiger partial charge < -0.3 is 9.84 Å². The van der Waals surface area contributed by atoms with E-state index >= 15 is 0 Å². The highest BCUT2D eigenvalue weighted by atomic mass is 79.9. The Balaban J connectivity index is 1.71. The topological polar surface area (TPSA) is 59.4 Å². The number of carbonyl (C=O) groups excluding carboxylic acids is 1. The van der Waals surface area contributed by atoms with Crippen LogP contribution in [0.3, 0.4) is 0 Å². The molecule has 22 heavy (non-hydrogen) atoms. The number of ether oxygens (including phenoxy) is 1. The van der Waals surface area contributed by atoms with Crippen molar-refractivity contribution in [3.63, 3.8) is 0 Å². The molecule has 1 aromatic heterocycles. The van der Waals surface area contributed by atoms with Crippen LogP contribution >= 0.6 is 27.3 Å². The number of hydrogen-bond donors (Lipinski definition) is 1. The minimum Gasteiger partial charge on any atom is -0.466 e. The van der Waals surface area contributed by atoms with Crippen molar-refractivity contribution >= 4 is 33.2 Å². The van der Waals surface area contributed by atoms with E-state index in [9.17, 15) is 9.90 Å². The second-order valence-electron chi connectivity index (χ2n) is 6.37. The molecule has 2 aliphatic rings. The fraction of sp³-hybridized carbons (Fsp3) is 0.750. The Kier molecular flexibility index (Phi) is 4.90. The second-order valence-corrected chi connectivity index (χ2v) is 8.78. The van der Waals surface area contributed by atoms with Crippen molar-refractivity contribution in [1.29, 1.82) is 0 Å². The van der Waals surface area contributed by atoms with E-state index in [-0.39, 0.29) is 17.8 Å². The molecule has 2 fully saturated rings. The van der Waals surface area contributed by atoms with Gasteiger partial charge in [0.05, 0.1) is 22.5 Å². The van der Waals surface area contributed by atoms with Crippen LogP contribution in [-0.4, -0.2) is 22.7 Å². The molecule has 3 rings (SSSR count). The van der Waals surface area contributed by atoms with Crippen LogP contribution in [0.1, 0.15) is 50.5 Å². The Morgan fingerprint density at radius 2 is 1.95 bits per heavy atom. The molecule has 2 saturated carbocycles. The second kappa shape index (κ2) is 6.57. The van der Waals surface area contributed by atoms with Crippen molar-refractivity contribution in [2.45, 2.75) is 51.0 Å². The molecule has 1 N–H and O–H groups in total. The third-order valence-electron chi connectivity index (χ3n) is 4.99. The minimum absolute atomic E-state index is 0.00249. The number of nitrogens with zero attached hydrogens (tertiary/aromatic N) is 1. The van der Waals surface area contributed by atoms with Gasteiger partial charge >= 0.3 is 5.97 Å². The molecule has 0 aliphatic heterocycles. The molecule has 122 valence electrons. The zero-order chi connectivity index (χ0) is 15.7. The lowest BCUT2D eigenvalue weighted by atomic mass is 9.71. The zero-order valence-electron chi connectivity index (χ0n) is 12.8. The molecule has 1 heterocycles. The van der Waals surface area contributed by atoms with Crippen molar-refractivity contribution in [3.8, 4) is 0 Å². The summed E-state index contributed by atoms with van der Waals surface area (Å²) >= 11 is 4.98. The Morgan fingerprint density at radius 1 is 1.36 bits per heavy atom. The van der Waals surface area contributed by atoms with Crippen LogP contribution in [-0.2, 0) is 15.1 Å². The molecule has 1 atom stereocenters. The third kappa shape index (κ3) is 3.10. The molecule has 0 aromatic carbocycles. The molecule has 0 radical (unpaired) electrons. The van der Waals surface area contributed by atoms with Crippen molar-refractivity contribution in [2.24, 2.45) is 17.8 Å². The number of carbonyl (C=O) groups is 1. The van der Waals surface area contributed by atoms with Crippen molar-refractivity contribution in [3.05, 3.63) is 15.0 Å². The lowest BCUT2D eigenvalue weighted by molar-refractivity contribution is -0.151. The molecule has 4 nitrogen and oxygen atoms in total. The van der Waals surface area contributed by atoms with E-state index in [0.717, 1.165) is 47.3 Å². The summed E-state index contributed by atoms with van der Waals surface area (Å²) in [5.41, 5.74) is -0.809. The largest absolute Gasteiger partial charge is 0.466 e. The standard InChI is InChI=1S/C16H22BrNO3S/c1-2-21-14(19)10-3-5-11(6-4-10)16(20,12-7-8-12)15-18-9-13(17)22-15/h9-12,20H,2-8H2,1H3/t10-,11-,16?. The van der Waals surface area contributed by atoms with Gasteiger partial charge in [-0.3, -0.25) is 4.79 Å². The summed E-state index contributed by atoms with van der Waals surface area (Å²) in [5, 5.41) is 12.2. The fourth-order valence-electron chi connectivity index (χ4n) is 3.67. The van der Waals surface area contributed by atoms with Gasteiger partial charge in [-0.25, -0.2) is 4.98 Å². The lowest BCUT2D eigenvalue weighted by Crippen LogP contribution is -2.40. The van der Waals surface area contributed by atoms with E-state index in [2.05, 4.69) is 20.9 Å². The molecule has 1 aromatic rings. The molecule has 1 unspecified atom stereocenters. The van der Waals surface area contributed by atoms with Crippen molar-refractivity contribution in [2.75, 3.05) is 6.61 Å². The summed E-state index contributed by atoms with van der Waals surface area (Å²) < 4.78 is 6.09. The number of hydrogen-bond acceptors (Lipinski definition) is 5. The summed E-state index contributed by atoms with van der Waals surface area (Å²) in [6.07, 6.45) is 7.28. The number of esters is 1. The average Bonchev–Trinajstić information content (AvgIpc) is 3.29. The maximum atomic E-state index is 11.9. The van der Waals surface area contributed by atoms with Crippen LogP contribution in [0.2, 0.25) is 0 Å². The SMILES string of the molecule is CCOC(=O)[C@H]1CC[C@H](C(O)(c2ncc(Br)s2)C2CC2)CC1. The van der Waals surface area contributed by atoms with Crippen molar-refractivity contribution < 1.29 is 14.6 Å². The molecular weight excluding hydrogens is 366 g/mol. The molecule has 2 aliphatic carbocycles. The summed E-state index contributed by atoms with van der Waals surface area (Å²) in [5.74, 6) is 0.453. The highest BCUT2D eigenvalue weighted by molar-refractivity contribution is 9.11. The summed E-state index contributed by atoms with van der Waals surface area (Å²) in [6.45, 7) is 2.29. The smallest absolute Gasteiger partial charge is 0.308 e. The third-order valence-corrected chi connectivity index (χ3v) is 6.61. The van der Waals surface area contributed by atoms with Gasteiger partial charge in [-0.15, -0.1) is 11.3 Å². The van der Waals surface area contributed by atoms with Gasteiger partial charge in [-0.1, -0.05) is 0 Å².